The molecule has 2 N–H and O–H groups in total. The van der Waals surface area contributed by atoms with Crippen LogP contribution in [0.25, 0.3) is 0 Å². The zero-order valence-corrected chi connectivity index (χ0v) is 10.9. The first-order valence-corrected chi connectivity index (χ1v) is 6.11. The first-order chi connectivity index (χ1) is 8.01. The average molecular weight is 277 g/mol. The Morgan fingerprint density at radius 2 is 2.41 bits per heavy atom. The highest BCUT2D eigenvalue weighted by Gasteiger charge is 2.51. The van der Waals surface area contributed by atoms with Gasteiger partial charge in [0.05, 0.1) is 11.9 Å². The van der Waals surface area contributed by atoms with Crippen molar-refractivity contribution in [1.82, 2.24) is 15.1 Å². The van der Waals surface area contributed by atoms with Crippen LogP contribution in [0.5, 0.6) is 0 Å². The smallest absolute Gasteiger partial charge is 0.241 e. The number of hydrogen-bond donors (Lipinski definition) is 2. The normalized spacial score (nSPS) is 21.0. The van der Waals surface area contributed by atoms with Crippen LogP contribution in [0, 0.1) is 5.92 Å². The predicted molar refractivity (Wildman–Crippen MR) is 67.3 cm³/mol. The molecule has 17 heavy (non-hydrogen) atoms. The van der Waals surface area contributed by atoms with Gasteiger partial charge in [0, 0.05) is 25.7 Å². The van der Waals surface area contributed by atoms with Gasteiger partial charge in [0.2, 0.25) is 5.91 Å². The Bertz CT molecular complexity index is 418. The van der Waals surface area contributed by atoms with E-state index in [0.29, 0.717) is 0 Å². The molecule has 5 nitrogen and oxygen atoms in total. The Labute approximate surface area is 109 Å². The van der Waals surface area contributed by atoms with Crippen LogP contribution >= 0.6 is 23.2 Å². The van der Waals surface area contributed by atoms with E-state index in [1.807, 2.05) is 0 Å². The van der Waals surface area contributed by atoms with E-state index in [1.54, 1.807) is 24.1 Å². The third-order valence-electron chi connectivity index (χ3n) is 2.73. The summed E-state index contributed by atoms with van der Waals surface area (Å²) in [5.74, 6) is 0.204. The topological polar surface area (TPSA) is 59.0 Å². The van der Waals surface area contributed by atoms with Crippen molar-refractivity contribution in [3.8, 4) is 0 Å². The molecule has 7 heteroatoms. The quantitative estimate of drug-likeness (QED) is 0.796. The Morgan fingerprint density at radius 1 is 1.71 bits per heavy atom. The van der Waals surface area contributed by atoms with Crippen LogP contribution in [0.15, 0.2) is 12.4 Å². The molecule has 1 aliphatic carbocycles. The van der Waals surface area contributed by atoms with E-state index >= 15 is 0 Å². The lowest BCUT2D eigenvalue weighted by Gasteiger charge is -2.02. The van der Waals surface area contributed by atoms with Gasteiger partial charge in [-0.1, -0.05) is 0 Å². The summed E-state index contributed by atoms with van der Waals surface area (Å²) in [7, 11) is 1.60. The van der Waals surface area contributed by atoms with Crippen LogP contribution in [0.4, 0.5) is 5.69 Å². The van der Waals surface area contributed by atoms with Crippen molar-refractivity contribution in [1.29, 1.82) is 0 Å². The second-order valence-electron chi connectivity index (χ2n) is 4.14. The van der Waals surface area contributed by atoms with Crippen LogP contribution in [0.3, 0.4) is 0 Å². The summed E-state index contributed by atoms with van der Waals surface area (Å²) < 4.78 is 1.01. The molecule has 0 aliphatic heterocycles. The van der Waals surface area contributed by atoms with E-state index in [9.17, 15) is 4.79 Å². The molecular weight excluding hydrogens is 263 g/mol. The molecular formula is C10H14Cl2N4O. The van der Waals surface area contributed by atoms with Crippen molar-refractivity contribution in [3.63, 3.8) is 0 Å². The van der Waals surface area contributed by atoms with Crippen molar-refractivity contribution < 1.29 is 4.79 Å². The number of nitrogens with zero attached hydrogens (tertiary/aromatic N) is 2. The third-order valence-corrected chi connectivity index (χ3v) is 3.65. The van der Waals surface area contributed by atoms with Crippen LogP contribution < -0.4 is 10.6 Å². The summed E-state index contributed by atoms with van der Waals surface area (Å²) in [5, 5.41) is 9.79. The summed E-state index contributed by atoms with van der Waals surface area (Å²) in [6, 6.07) is 0. The molecule has 1 fully saturated rings. The highest BCUT2D eigenvalue weighted by atomic mass is 35.5. The molecule has 1 amide bonds. The van der Waals surface area contributed by atoms with E-state index in [-0.39, 0.29) is 18.4 Å². The number of amides is 1. The zero-order chi connectivity index (χ0) is 12.5. The number of hydrogen-bond acceptors (Lipinski definition) is 3. The number of likely N-dealkylation sites (N-methyl/N-ethyl adjacent to an activating group) is 1. The van der Waals surface area contributed by atoms with Gasteiger partial charge in [0.15, 0.2) is 0 Å². The summed E-state index contributed by atoms with van der Waals surface area (Å²) in [6.07, 6.45) is 4.27. The average Bonchev–Trinajstić information content (AvgIpc) is 2.70. The fraction of sp³-hybridized carbons (Fsp3) is 0.600. The van der Waals surface area contributed by atoms with E-state index in [0.717, 1.165) is 18.7 Å². The Hall–Kier alpha value is -0.940. The molecule has 1 saturated carbocycles. The van der Waals surface area contributed by atoms with Gasteiger partial charge in [-0.15, -0.1) is 23.2 Å². The maximum Gasteiger partial charge on any atom is 0.241 e. The molecule has 0 radical (unpaired) electrons. The van der Waals surface area contributed by atoms with Gasteiger partial charge in [-0.05, 0) is 6.42 Å². The second-order valence-corrected chi connectivity index (χ2v) is 5.69. The van der Waals surface area contributed by atoms with Crippen LogP contribution in [0.1, 0.15) is 6.42 Å². The lowest BCUT2D eigenvalue weighted by molar-refractivity contribution is -0.121. The Morgan fingerprint density at radius 3 is 3.00 bits per heavy atom. The molecule has 1 atom stereocenters. The minimum absolute atomic E-state index is 0.0811. The number of alkyl halides is 2. The first-order valence-electron chi connectivity index (χ1n) is 5.36. The summed E-state index contributed by atoms with van der Waals surface area (Å²) in [5.41, 5.74) is 0.866. The maximum absolute atomic E-state index is 11.1. The molecule has 1 aromatic heterocycles. The number of carbonyl (C=O) groups excluding carboxylic acids is 1. The fourth-order valence-corrected chi connectivity index (χ4v) is 2.03. The fourth-order valence-electron chi connectivity index (χ4n) is 1.50. The third kappa shape index (κ3) is 3.26. The van der Waals surface area contributed by atoms with Crippen molar-refractivity contribution in [2.45, 2.75) is 17.3 Å². The largest absolute Gasteiger partial charge is 0.382 e. The summed E-state index contributed by atoms with van der Waals surface area (Å²) >= 11 is 11.8. The van der Waals surface area contributed by atoms with Gasteiger partial charge in [0.1, 0.15) is 10.9 Å². The number of carbonyl (C=O) groups is 1. The molecule has 0 bridgehead atoms. The monoisotopic (exact) mass is 276 g/mol. The van der Waals surface area contributed by atoms with Crippen LogP contribution in [-0.4, -0.2) is 33.6 Å². The van der Waals surface area contributed by atoms with Crippen molar-refractivity contribution in [3.05, 3.63) is 12.4 Å². The molecule has 0 spiro atoms. The van der Waals surface area contributed by atoms with Gasteiger partial charge in [-0.3, -0.25) is 9.48 Å². The molecule has 1 aliphatic rings. The van der Waals surface area contributed by atoms with Gasteiger partial charge < -0.3 is 10.6 Å². The molecule has 94 valence electrons. The van der Waals surface area contributed by atoms with Crippen LogP contribution in [0.2, 0.25) is 0 Å². The number of rotatable bonds is 5. The number of aromatic nitrogens is 2. The second kappa shape index (κ2) is 4.74. The number of halogens is 2. The first kappa shape index (κ1) is 12.5. The van der Waals surface area contributed by atoms with Crippen molar-refractivity contribution >= 4 is 34.8 Å². The summed E-state index contributed by atoms with van der Waals surface area (Å²) in [4.78, 5) is 11.1. The highest BCUT2D eigenvalue weighted by molar-refractivity contribution is 6.50. The van der Waals surface area contributed by atoms with Gasteiger partial charge in [-0.2, -0.15) is 5.10 Å². The van der Waals surface area contributed by atoms with E-state index in [2.05, 4.69) is 15.7 Å². The van der Waals surface area contributed by atoms with Gasteiger partial charge in [-0.25, -0.2) is 0 Å². The molecule has 1 unspecified atom stereocenters. The molecule has 1 heterocycles. The minimum Gasteiger partial charge on any atom is -0.382 e. The van der Waals surface area contributed by atoms with Crippen molar-refractivity contribution in [2.75, 3.05) is 18.9 Å². The standard InChI is InChI=1S/C10H14Cl2N4O/c1-13-9(17)6-16-5-8(4-15-16)14-3-7-2-10(7,11)12/h4-5,7,14H,2-3,6H2,1H3,(H,13,17). The molecule has 0 aromatic carbocycles. The SMILES string of the molecule is CNC(=O)Cn1cc(NCC2CC2(Cl)Cl)cn1. The van der Waals surface area contributed by atoms with Gasteiger partial charge in [0.25, 0.3) is 0 Å². The molecule has 2 rings (SSSR count). The highest BCUT2D eigenvalue weighted by Crippen LogP contribution is 2.52. The van der Waals surface area contributed by atoms with E-state index in [4.69, 9.17) is 23.2 Å². The summed E-state index contributed by atoms with van der Waals surface area (Å²) in [6.45, 7) is 0.940. The van der Waals surface area contributed by atoms with E-state index in [1.165, 1.54) is 0 Å². The van der Waals surface area contributed by atoms with Crippen LogP contribution in [-0.2, 0) is 11.3 Å². The lowest BCUT2D eigenvalue weighted by atomic mass is 10.4. The maximum atomic E-state index is 11.1. The predicted octanol–water partition coefficient (Wildman–Crippen LogP) is 1.23. The molecule has 1 aromatic rings. The Kier molecular flexibility index (Phi) is 3.49. The van der Waals surface area contributed by atoms with Crippen molar-refractivity contribution in [2.24, 2.45) is 5.92 Å². The lowest BCUT2D eigenvalue weighted by Crippen LogP contribution is -2.23. The minimum atomic E-state index is -0.564. The van der Waals surface area contributed by atoms with E-state index < -0.39 is 4.33 Å². The number of nitrogens with one attached hydrogen (secondary N) is 2. The van der Waals surface area contributed by atoms with Gasteiger partial charge >= 0.3 is 0 Å². The zero-order valence-electron chi connectivity index (χ0n) is 9.41. The number of anilines is 1. The Balaban J connectivity index is 1.80. The molecule has 0 saturated heterocycles.